The Morgan fingerprint density at radius 2 is 2.24 bits per heavy atom. The van der Waals surface area contributed by atoms with Gasteiger partial charge in [0.05, 0.1) is 13.4 Å². The van der Waals surface area contributed by atoms with Gasteiger partial charge in [-0.1, -0.05) is 0 Å². The third-order valence-corrected chi connectivity index (χ3v) is 3.53. The number of methoxy groups -OCH3 is 1. The molecular weight excluding hydrogens is 326 g/mol. The first-order chi connectivity index (χ1) is 12.0. The molecule has 9 nitrogen and oxygen atoms in total. The normalized spacial score (nSPS) is 11.7. The van der Waals surface area contributed by atoms with Crippen LogP contribution in [0, 0.1) is 5.92 Å². The SMILES string of the molecule is COc1ncnc(N(C)C)c1NC(=O)NCC(CO)Cc1ccco1. The third-order valence-electron chi connectivity index (χ3n) is 3.53. The number of nitrogens with zero attached hydrogens (tertiary/aromatic N) is 3. The van der Waals surface area contributed by atoms with Gasteiger partial charge in [-0.15, -0.1) is 0 Å². The lowest BCUT2D eigenvalue weighted by Crippen LogP contribution is -2.35. The van der Waals surface area contributed by atoms with E-state index >= 15 is 0 Å². The standard InChI is InChI=1S/C16H23N5O4/c1-21(2)14-13(15(24-3)19-10-18-14)20-16(23)17-8-11(9-22)7-12-5-4-6-25-12/h4-6,10-11,22H,7-9H2,1-3H3,(H2,17,20,23). The molecule has 25 heavy (non-hydrogen) atoms. The summed E-state index contributed by atoms with van der Waals surface area (Å²) in [5.74, 6) is 1.40. The third kappa shape index (κ3) is 5.08. The molecule has 2 aromatic rings. The molecule has 0 bridgehead atoms. The van der Waals surface area contributed by atoms with E-state index in [1.807, 2.05) is 6.07 Å². The van der Waals surface area contributed by atoms with Crippen LogP contribution < -0.4 is 20.3 Å². The number of carbonyl (C=O) groups excluding carboxylic acids is 1. The molecule has 0 aliphatic carbocycles. The summed E-state index contributed by atoms with van der Waals surface area (Å²) in [6.45, 7) is 0.220. The lowest BCUT2D eigenvalue weighted by molar-refractivity contribution is 0.213. The molecule has 0 aliphatic rings. The monoisotopic (exact) mass is 349 g/mol. The Kier molecular flexibility index (Phi) is 6.58. The zero-order valence-electron chi connectivity index (χ0n) is 14.5. The van der Waals surface area contributed by atoms with E-state index in [2.05, 4.69) is 20.6 Å². The van der Waals surface area contributed by atoms with Crippen molar-refractivity contribution in [1.29, 1.82) is 0 Å². The van der Waals surface area contributed by atoms with Crippen LogP contribution >= 0.6 is 0 Å². The average molecular weight is 349 g/mol. The zero-order chi connectivity index (χ0) is 18.2. The minimum Gasteiger partial charge on any atom is -0.479 e. The van der Waals surface area contributed by atoms with E-state index in [1.54, 1.807) is 31.3 Å². The number of furan rings is 1. The van der Waals surface area contributed by atoms with Crippen LogP contribution in [0.1, 0.15) is 5.76 Å². The Hall–Kier alpha value is -2.81. The van der Waals surface area contributed by atoms with E-state index in [0.29, 0.717) is 17.9 Å². The van der Waals surface area contributed by atoms with Gasteiger partial charge in [0.1, 0.15) is 17.8 Å². The van der Waals surface area contributed by atoms with Crippen molar-refractivity contribution in [2.75, 3.05) is 44.6 Å². The van der Waals surface area contributed by atoms with Crippen molar-refractivity contribution in [3.8, 4) is 5.88 Å². The lowest BCUT2D eigenvalue weighted by atomic mass is 10.1. The molecule has 1 unspecified atom stereocenters. The largest absolute Gasteiger partial charge is 0.479 e. The van der Waals surface area contributed by atoms with Gasteiger partial charge in [-0.05, 0) is 12.1 Å². The van der Waals surface area contributed by atoms with Gasteiger partial charge in [0.15, 0.2) is 5.82 Å². The highest BCUT2D eigenvalue weighted by atomic mass is 16.5. The van der Waals surface area contributed by atoms with Crippen molar-refractivity contribution in [1.82, 2.24) is 15.3 Å². The minimum absolute atomic E-state index is 0.0678. The van der Waals surface area contributed by atoms with Gasteiger partial charge < -0.3 is 29.8 Å². The van der Waals surface area contributed by atoms with Gasteiger partial charge in [0, 0.05) is 39.6 Å². The summed E-state index contributed by atoms with van der Waals surface area (Å²) in [7, 11) is 5.07. The van der Waals surface area contributed by atoms with Crippen molar-refractivity contribution in [2.45, 2.75) is 6.42 Å². The second-order valence-corrected chi connectivity index (χ2v) is 5.64. The van der Waals surface area contributed by atoms with Gasteiger partial charge >= 0.3 is 6.03 Å². The second-order valence-electron chi connectivity index (χ2n) is 5.64. The number of anilines is 2. The molecule has 0 saturated heterocycles. The molecule has 1 atom stereocenters. The highest BCUT2D eigenvalue weighted by Gasteiger charge is 2.18. The van der Waals surface area contributed by atoms with Crippen molar-refractivity contribution in [2.24, 2.45) is 5.92 Å². The smallest absolute Gasteiger partial charge is 0.319 e. The molecule has 2 rings (SSSR count). The lowest BCUT2D eigenvalue weighted by Gasteiger charge is -2.19. The number of nitrogens with one attached hydrogen (secondary N) is 2. The van der Waals surface area contributed by atoms with Crippen LogP contribution in [-0.2, 0) is 6.42 Å². The van der Waals surface area contributed by atoms with E-state index in [0.717, 1.165) is 5.76 Å². The molecule has 0 spiro atoms. The van der Waals surface area contributed by atoms with E-state index in [1.165, 1.54) is 13.4 Å². The van der Waals surface area contributed by atoms with Crippen LogP contribution in [0.15, 0.2) is 29.1 Å². The number of aliphatic hydroxyl groups excluding tert-OH is 1. The van der Waals surface area contributed by atoms with Crippen molar-refractivity contribution >= 4 is 17.5 Å². The summed E-state index contributed by atoms with van der Waals surface area (Å²) in [5.41, 5.74) is 0.374. The van der Waals surface area contributed by atoms with Crippen LogP contribution in [0.3, 0.4) is 0 Å². The van der Waals surface area contributed by atoms with Gasteiger partial charge in [-0.2, -0.15) is 4.98 Å². The molecule has 3 N–H and O–H groups in total. The maximum Gasteiger partial charge on any atom is 0.319 e. The Bertz CT molecular complexity index is 675. The number of amides is 2. The van der Waals surface area contributed by atoms with Crippen molar-refractivity contribution in [3.63, 3.8) is 0 Å². The fourth-order valence-corrected chi connectivity index (χ4v) is 2.27. The molecule has 136 valence electrons. The highest BCUT2D eigenvalue weighted by Crippen LogP contribution is 2.29. The average Bonchev–Trinajstić information content (AvgIpc) is 3.11. The first kappa shape index (κ1) is 18.5. The minimum atomic E-state index is -0.436. The van der Waals surface area contributed by atoms with E-state index in [9.17, 15) is 9.90 Å². The summed E-state index contributed by atoms with van der Waals surface area (Å²) in [4.78, 5) is 22.1. The van der Waals surface area contributed by atoms with Crippen LogP contribution in [-0.4, -0.2) is 55.5 Å². The number of hydrogen-bond donors (Lipinski definition) is 3. The molecule has 2 aromatic heterocycles. The summed E-state index contributed by atoms with van der Waals surface area (Å²) in [5, 5.41) is 14.9. The van der Waals surface area contributed by atoms with Crippen molar-refractivity contribution < 1.29 is 19.1 Å². The Labute approximate surface area is 146 Å². The van der Waals surface area contributed by atoms with Crippen LogP contribution in [0.2, 0.25) is 0 Å². The summed E-state index contributed by atoms with van der Waals surface area (Å²) >= 11 is 0. The predicted octanol–water partition coefficient (Wildman–Crippen LogP) is 1.12. The maximum atomic E-state index is 12.2. The van der Waals surface area contributed by atoms with Gasteiger partial charge in [-0.25, -0.2) is 9.78 Å². The predicted molar refractivity (Wildman–Crippen MR) is 92.9 cm³/mol. The molecule has 0 saturated carbocycles. The quantitative estimate of drug-likeness (QED) is 0.654. The zero-order valence-corrected chi connectivity index (χ0v) is 14.5. The summed E-state index contributed by atoms with van der Waals surface area (Å²) < 4.78 is 10.4. The van der Waals surface area contributed by atoms with Crippen LogP contribution in [0.25, 0.3) is 0 Å². The number of urea groups is 1. The molecule has 9 heteroatoms. The van der Waals surface area contributed by atoms with Gasteiger partial charge in [-0.3, -0.25) is 0 Å². The first-order valence-corrected chi connectivity index (χ1v) is 7.79. The first-order valence-electron chi connectivity index (χ1n) is 7.79. The number of rotatable bonds is 8. The highest BCUT2D eigenvalue weighted by molar-refractivity contribution is 5.94. The maximum absolute atomic E-state index is 12.2. The Morgan fingerprint density at radius 3 is 2.84 bits per heavy atom. The molecule has 2 heterocycles. The topological polar surface area (TPSA) is 113 Å². The van der Waals surface area contributed by atoms with E-state index in [-0.39, 0.29) is 24.9 Å². The van der Waals surface area contributed by atoms with Crippen molar-refractivity contribution in [3.05, 3.63) is 30.5 Å². The van der Waals surface area contributed by atoms with Crippen LogP contribution in [0.5, 0.6) is 5.88 Å². The fraction of sp³-hybridized carbons (Fsp3) is 0.438. The summed E-state index contributed by atoms with van der Waals surface area (Å²) in [6, 6.07) is 3.18. The van der Waals surface area contributed by atoms with E-state index in [4.69, 9.17) is 9.15 Å². The summed E-state index contributed by atoms with van der Waals surface area (Å²) in [6.07, 6.45) is 3.47. The van der Waals surface area contributed by atoms with Gasteiger partial charge in [0.2, 0.25) is 5.88 Å². The molecule has 2 amide bonds. The van der Waals surface area contributed by atoms with E-state index < -0.39 is 6.03 Å². The van der Waals surface area contributed by atoms with Gasteiger partial charge in [0.25, 0.3) is 0 Å². The van der Waals surface area contributed by atoms with Crippen LogP contribution in [0.4, 0.5) is 16.3 Å². The number of hydrogen-bond acceptors (Lipinski definition) is 7. The fourth-order valence-electron chi connectivity index (χ4n) is 2.27. The molecule has 0 aromatic carbocycles. The molecule has 0 aliphatic heterocycles. The molecular formula is C16H23N5O4. The Balaban J connectivity index is 1.98. The second kappa shape index (κ2) is 8.88. The molecule has 0 fully saturated rings. The number of aromatic nitrogens is 2. The number of ether oxygens (including phenoxy) is 1. The number of carbonyl (C=O) groups is 1. The number of aliphatic hydroxyl groups is 1. The molecule has 0 radical (unpaired) electrons. The Morgan fingerprint density at radius 1 is 1.44 bits per heavy atom.